The zero-order chi connectivity index (χ0) is 19.4. The van der Waals surface area contributed by atoms with E-state index < -0.39 is 16.7 Å². The van der Waals surface area contributed by atoms with E-state index in [0.717, 1.165) is 6.07 Å². The smallest absolute Gasteiger partial charge is 0.395 e. The fraction of sp³-hybridized carbons (Fsp3) is 0.375. The monoisotopic (exact) mass is 375 g/mol. The molecular weight excluding hydrogens is 358 g/mol. The molecule has 0 bridgehead atoms. The third kappa shape index (κ3) is 4.19. The van der Waals surface area contributed by atoms with Gasteiger partial charge in [-0.05, 0) is 18.6 Å². The van der Waals surface area contributed by atoms with Gasteiger partial charge in [-0.3, -0.25) is 24.5 Å². The van der Waals surface area contributed by atoms with E-state index in [-0.39, 0.29) is 36.2 Å². The summed E-state index contributed by atoms with van der Waals surface area (Å²) in [6, 6.07) is 5.34. The van der Waals surface area contributed by atoms with Gasteiger partial charge >= 0.3 is 5.88 Å². The molecule has 11 heteroatoms. The summed E-state index contributed by atoms with van der Waals surface area (Å²) in [5, 5.41) is 17.3. The van der Waals surface area contributed by atoms with Crippen molar-refractivity contribution in [2.75, 3.05) is 19.6 Å². The molecule has 0 aromatic carbocycles. The van der Waals surface area contributed by atoms with Gasteiger partial charge in [0.15, 0.2) is 5.76 Å². The van der Waals surface area contributed by atoms with Crippen LogP contribution in [0.4, 0.5) is 5.88 Å². The summed E-state index contributed by atoms with van der Waals surface area (Å²) in [6.45, 7) is 1.22. The van der Waals surface area contributed by atoms with Gasteiger partial charge in [-0.25, -0.2) is 4.68 Å². The van der Waals surface area contributed by atoms with Gasteiger partial charge in [0.25, 0.3) is 11.5 Å². The van der Waals surface area contributed by atoms with Crippen molar-refractivity contribution in [2.24, 2.45) is 5.92 Å². The number of hydrogen-bond acceptors (Lipinski definition) is 7. The van der Waals surface area contributed by atoms with Gasteiger partial charge in [0, 0.05) is 38.4 Å². The van der Waals surface area contributed by atoms with Crippen LogP contribution < -0.4 is 10.9 Å². The lowest BCUT2D eigenvalue weighted by Crippen LogP contribution is -2.55. The summed E-state index contributed by atoms with van der Waals surface area (Å²) in [5.74, 6) is -1.63. The second-order valence-electron chi connectivity index (χ2n) is 6.03. The number of hydrogen-bond donors (Lipinski definition) is 1. The highest BCUT2D eigenvalue weighted by Crippen LogP contribution is 2.22. The molecule has 1 saturated heterocycles. The number of likely N-dealkylation sites (tertiary alicyclic amines) is 1. The van der Waals surface area contributed by atoms with Crippen LogP contribution in [0.15, 0.2) is 39.7 Å². The molecule has 0 radical (unpaired) electrons. The summed E-state index contributed by atoms with van der Waals surface area (Å²) in [7, 11) is 0. The second-order valence-corrected chi connectivity index (χ2v) is 6.03. The number of aryl methyl sites for hydroxylation is 1. The van der Waals surface area contributed by atoms with E-state index in [4.69, 9.17) is 4.42 Å². The number of aromatic nitrogens is 2. The lowest BCUT2D eigenvalue weighted by atomic mass is 9.99. The van der Waals surface area contributed by atoms with E-state index in [9.17, 15) is 24.5 Å². The van der Waals surface area contributed by atoms with Crippen molar-refractivity contribution in [3.8, 4) is 0 Å². The highest BCUT2D eigenvalue weighted by Gasteiger charge is 2.37. The number of rotatable bonds is 7. The lowest BCUT2D eigenvalue weighted by Gasteiger charge is -2.37. The van der Waals surface area contributed by atoms with E-state index in [1.54, 1.807) is 6.07 Å². The van der Waals surface area contributed by atoms with Gasteiger partial charge in [-0.1, -0.05) is 0 Å². The van der Waals surface area contributed by atoms with Crippen LogP contribution in [0.25, 0.3) is 0 Å². The van der Waals surface area contributed by atoms with Crippen molar-refractivity contribution in [2.45, 2.75) is 13.0 Å². The summed E-state index contributed by atoms with van der Waals surface area (Å²) < 4.78 is 6.18. The maximum absolute atomic E-state index is 12.1. The van der Waals surface area contributed by atoms with Gasteiger partial charge in [0.2, 0.25) is 5.91 Å². The van der Waals surface area contributed by atoms with Gasteiger partial charge in [0.05, 0.1) is 12.0 Å². The molecule has 0 spiro atoms. The Kier molecular flexibility index (Phi) is 5.29. The maximum atomic E-state index is 12.1. The van der Waals surface area contributed by atoms with E-state index >= 15 is 0 Å². The van der Waals surface area contributed by atoms with Gasteiger partial charge in [-0.15, -0.1) is 0 Å². The number of furan rings is 1. The minimum Gasteiger partial charge on any atom is -0.395 e. The van der Waals surface area contributed by atoms with Crippen molar-refractivity contribution in [1.82, 2.24) is 20.0 Å². The Morgan fingerprint density at radius 2 is 2.11 bits per heavy atom. The molecule has 11 nitrogen and oxygen atoms in total. The van der Waals surface area contributed by atoms with Crippen molar-refractivity contribution in [3.63, 3.8) is 0 Å². The first-order chi connectivity index (χ1) is 13.0. The van der Waals surface area contributed by atoms with E-state index in [1.165, 1.54) is 27.9 Å². The molecule has 0 aliphatic carbocycles. The van der Waals surface area contributed by atoms with Crippen LogP contribution in [0.5, 0.6) is 0 Å². The molecule has 1 aliphatic heterocycles. The third-order valence-electron chi connectivity index (χ3n) is 4.15. The molecule has 2 aromatic rings. The quantitative estimate of drug-likeness (QED) is 0.409. The summed E-state index contributed by atoms with van der Waals surface area (Å²) >= 11 is 0. The fourth-order valence-electron chi connectivity index (χ4n) is 2.65. The zero-order valence-corrected chi connectivity index (χ0v) is 14.2. The number of nitro groups is 1. The summed E-state index contributed by atoms with van der Waals surface area (Å²) in [6.07, 6.45) is 2.07. The number of nitrogens with one attached hydrogen (secondary N) is 1. The van der Waals surface area contributed by atoms with Crippen LogP contribution in [-0.2, 0) is 11.3 Å². The molecule has 0 unspecified atom stereocenters. The first kappa shape index (κ1) is 18.3. The Labute approximate surface area is 152 Å². The van der Waals surface area contributed by atoms with Gasteiger partial charge in [-0.2, -0.15) is 5.10 Å². The Hall–Kier alpha value is -3.50. The first-order valence-corrected chi connectivity index (χ1v) is 8.29. The van der Waals surface area contributed by atoms with Crippen molar-refractivity contribution in [1.29, 1.82) is 0 Å². The summed E-state index contributed by atoms with van der Waals surface area (Å²) in [4.78, 5) is 46.9. The molecule has 2 aromatic heterocycles. The molecule has 3 rings (SSSR count). The lowest BCUT2D eigenvalue weighted by molar-refractivity contribution is -0.402. The molecule has 0 atom stereocenters. The minimum atomic E-state index is -0.720. The number of amides is 2. The Morgan fingerprint density at radius 3 is 2.78 bits per heavy atom. The average molecular weight is 375 g/mol. The van der Waals surface area contributed by atoms with Crippen LogP contribution >= 0.6 is 0 Å². The largest absolute Gasteiger partial charge is 0.433 e. The first-order valence-electron chi connectivity index (χ1n) is 8.29. The SMILES string of the molecule is O=C(NCCCn1ncccc1=O)C1CN(C(=O)c2ccc([N+](=O)[O-])o2)C1. The Bertz CT molecular complexity index is 914. The number of carbonyl (C=O) groups excluding carboxylic acids is 2. The molecule has 27 heavy (non-hydrogen) atoms. The molecule has 1 fully saturated rings. The number of carbonyl (C=O) groups is 2. The molecule has 1 N–H and O–H groups in total. The van der Waals surface area contributed by atoms with Crippen LogP contribution in [-0.4, -0.2) is 51.1 Å². The molecule has 3 heterocycles. The maximum Gasteiger partial charge on any atom is 0.433 e. The van der Waals surface area contributed by atoms with E-state index in [2.05, 4.69) is 10.4 Å². The highest BCUT2D eigenvalue weighted by molar-refractivity contribution is 5.94. The van der Waals surface area contributed by atoms with E-state index in [1.807, 2.05) is 0 Å². The van der Waals surface area contributed by atoms with Crippen molar-refractivity contribution in [3.05, 3.63) is 56.7 Å². The van der Waals surface area contributed by atoms with E-state index in [0.29, 0.717) is 19.5 Å². The van der Waals surface area contributed by atoms with Crippen molar-refractivity contribution < 1.29 is 18.9 Å². The minimum absolute atomic E-state index is 0.124. The predicted molar refractivity (Wildman–Crippen MR) is 90.9 cm³/mol. The molecule has 2 amide bonds. The zero-order valence-electron chi connectivity index (χ0n) is 14.2. The predicted octanol–water partition coefficient (Wildman–Crippen LogP) is 0.0230. The molecule has 1 aliphatic rings. The van der Waals surface area contributed by atoms with Crippen LogP contribution in [0.1, 0.15) is 17.0 Å². The topological polar surface area (TPSA) is 141 Å². The second kappa shape index (κ2) is 7.81. The van der Waals surface area contributed by atoms with Crippen LogP contribution in [0.3, 0.4) is 0 Å². The molecule has 0 saturated carbocycles. The Morgan fingerprint density at radius 1 is 1.33 bits per heavy atom. The summed E-state index contributed by atoms with van der Waals surface area (Å²) in [5.41, 5.74) is -0.199. The standard InChI is InChI=1S/C16H17N5O6/c22-13-3-1-7-18-20(13)8-2-6-17-15(23)11-9-19(10-11)16(24)12-4-5-14(27-12)21(25)26/h1,3-5,7,11H,2,6,8-10H2,(H,17,23). The normalized spacial score (nSPS) is 13.9. The fourth-order valence-corrected chi connectivity index (χ4v) is 2.65. The van der Waals surface area contributed by atoms with Gasteiger partial charge in [0.1, 0.15) is 4.92 Å². The molecular formula is C16H17N5O6. The highest BCUT2D eigenvalue weighted by atomic mass is 16.6. The third-order valence-corrected chi connectivity index (χ3v) is 4.15. The van der Waals surface area contributed by atoms with Gasteiger partial charge < -0.3 is 14.6 Å². The van der Waals surface area contributed by atoms with Crippen LogP contribution in [0, 0.1) is 16.0 Å². The molecule has 142 valence electrons. The Balaban J connectivity index is 1.39. The van der Waals surface area contributed by atoms with Crippen LogP contribution in [0.2, 0.25) is 0 Å². The average Bonchev–Trinajstić information content (AvgIpc) is 3.09. The number of nitrogens with zero attached hydrogens (tertiary/aromatic N) is 4. The van der Waals surface area contributed by atoms with Crippen molar-refractivity contribution >= 4 is 17.7 Å².